The number of ether oxygens (including phenoxy) is 1. The fraction of sp³-hybridized carbons (Fsp3) is 0.571. The van der Waals surface area contributed by atoms with Crippen molar-refractivity contribution in [1.82, 2.24) is 9.78 Å². The minimum absolute atomic E-state index is 0.0253. The Balaban J connectivity index is 2.48. The van der Waals surface area contributed by atoms with Crippen LogP contribution in [0.1, 0.15) is 0 Å². The molecule has 0 N–H and O–H groups in total. The molecular formula is C7H9Cl2N3O3. The number of hydrogen-bond donors (Lipinski definition) is 0. The first-order chi connectivity index (χ1) is 7.15. The monoisotopic (exact) mass is 253 g/mol. The molecule has 0 saturated carbocycles. The maximum atomic E-state index is 10.4. The molecule has 0 radical (unpaired) electrons. The molecule has 1 rings (SSSR count). The first kappa shape index (κ1) is 12.2. The van der Waals surface area contributed by atoms with Gasteiger partial charge < -0.3 is 14.9 Å². The third kappa shape index (κ3) is 3.65. The van der Waals surface area contributed by atoms with Crippen LogP contribution in [0.15, 0.2) is 6.20 Å². The van der Waals surface area contributed by atoms with Crippen molar-refractivity contribution >= 4 is 29.0 Å². The first-order valence-electron chi connectivity index (χ1n) is 4.16. The van der Waals surface area contributed by atoms with Gasteiger partial charge in [0.15, 0.2) is 5.02 Å². The van der Waals surface area contributed by atoms with E-state index in [9.17, 15) is 10.1 Å². The van der Waals surface area contributed by atoms with E-state index in [0.29, 0.717) is 25.6 Å². The van der Waals surface area contributed by atoms with E-state index in [4.69, 9.17) is 27.9 Å². The van der Waals surface area contributed by atoms with E-state index in [1.807, 2.05) is 0 Å². The fourth-order valence-corrected chi connectivity index (χ4v) is 1.27. The number of nitrogens with zero attached hydrogens (tertiary/aromatic N) is 3. The SMILES string of the molecule is O=[N+]([O-])c1nn(CCOCCCl)cc1Cl. The Hall–Kier alpha value is -0.850. The zero-order valence-corrected chi connectivity index (χ0v) is 9.24. The topological polar surface area (TPSA) is 70.2 Å². The van der Waals surface area contributed by atoms with Gasteiger partial charge in [-0.2, -0.15) is 4.68 Å². The van der Waals surface area contributed by atoms with Gasteiger partial charge in [0.25, 0.3) is 0 Å². The highest BCUT2D eigenvalue weighted by Crippen LogP contribution is 2.20. The standard InChI is InChI=1S/C7H9Cl2N3O3/c8-1-3-15-4-2-11-5-6(9)7(10-11)12(13)14/h5H,1-4H2. The summed E-state index contributed by atoms with van der Waals surface area (Å²) in [5, 5.41) is 14.1. The van der Waals surface area contributed by atoms with Gasteiger partial charge in [-0.3, -0.25) is 0 Å². The average Bonchev–Trinajstić information content (AvgIpc) is 2.55. The summed E-state index contributed by atoms with van der Waals surface area (Å²) in [7, 11) is 0. The summed E-state index contributed by atoms with van der Waals surface area (Å²) < 4.78 is 6.46. The van der Waals surface area contributed by atoms with E-state index >= 15 is 0 Å². The summed E-state index contributed by atoms with van der Waals surface area (Å²) in [5.74, 6) is 0.0778. The number of alkyl halides is 1. The predicted octanol–water partition coefficient (Wildman–Crippen LogP) is 1.70. The van der Waals surface area contributed by atoms with Gasteiger partial charge in [0.05, 0.1) is 31.1 Å². The Bertz CT molecular complexity index is 342. The third-order valence-electron chi connectivity index (χ3n) is 1.56. The Morgan fingerprint density at radius 3 is 2.87 bits per heavy atom. The van der Waals surface area contributed by atoms with E-state index in [2.05, 4.69) is 5.10 Å². The molecule has 0 bridgehead atoms. The van der Waals surface area contributed by atoms with Gasteiger partial charge in [-0.1, -0.05) is 11.6 Å². The van der Waals surface area contributed by atoms with Crippen LogP contribution in [-0.4, -0.2) is 33.8 Å². The summed E-state index contributed by atoms with van der Waals surface area (Å²) in [5.41, 5.74) is 0. The van der Waals surface area contributed by atoms with Gasteiger partial charge in [-0.15, -0.1) is 11.6 Å². The summed E-state index contributed by atoms with van der Waals surface area (Å²) in [6.45, 7) is 1.24. The summed E-state index contributed by atoms with van der Waals surface area (Å²) >= 11 is 11.0. The van der Waals surface area contributed by atoms with Crippen LogP contribution in [0, 0.1) is 10.1 Å². The molecule has 0 atom stereocenters. The number of halogens is 2. The highest BCUT2D eigenvalue weighted by Gasteiger charge is 2.18. The summed E-state index contributed by atoms with van der Waals surface area (Å²) in [6.07, 6.45) is 1.39. The predicted molar refractivity (Wildman–Crippen MR) is 55.4 cm³/mol. The van der Waals surface area contributed by atoms with E-state index in [-0.39, 0.29) is 10.8 Å². The van der Waals surface area contributed by atoms with Crippen LogP contribution in [0.3, 0.4) is 0 Å². The lowest BCUT2D eigenvalue weighted by molar-refractivity contribution is -0.389. The van der Waals surface area contributed by atoms with Crippen molar-refractivity contribution in [1.29, 1.82) is 0 Å². The quantitative estimate of drug-likeness (QED) is 0.335. The molecule has 84 valence electrons. The van der Waals surface area contributed by atoms with E-state index in [1.165, 1.54) is 10.9 Å². The number of hydrogen-bond acceptors (Lipinski definition) is 4. The van der Waals surface area contributed by atoms with E-state index in [0.717, 1.165) is 0 Å². The Morgan fingerprint density at radius 2 is 2.33 bits per heavy atom. The van der Waals surface area contributed by atoms with E-state index < -0.39 is 4.92 Å². The van der Waals surface area contributed by atoms with Crippen molar-refractivity contribution in [3.05, 3.63) is 21.3 Å². The van der Waals surface area contributed by atoms with E-state index in [1.54, 1.807) is 0 Å². The summed E-state index contributed by atoms with van der Waals surface area (Å²) in [6, 6.07) is 0. The zero-order chi connectivity index (χ0) is 11.3. The lowest BCUT2D eigenvalue weighted by atomic mass is 10.6. The molecule has 0 spiro atoms. The number of rotatable bonds is 6. The summed E-state index contributed by atoms with van der Waals surface area (Å²) in [4.78, 5) is 9.78. The van der Waals surface area contributed by atoms with Crippen LogP contribution in [0.4, 0.5) is 5.82 Å². The maximum Gasteiger partial charge on any atom is 0.408 e. The molecule has 0 aliphatic carbocycles. The Labute approximate surface area is 95.9 Å². The fourth-order valence-electron chi connectivity index (χ4n) is 0.940. The number of nitro groups is 1. The smallest absolute Gasteiger partial charge is 0.378 e. The molecule has 1 heterocycles. The van der Waals surface area contributed by atoms with Crippen LogP contribution in [0.5, 0.6) is 0 Å². The largest absolute Gasteiger partial charge is 0.408 e. The molecule has 0 aromatic carbocycles. The first-order valence-corrected chi connectivity index (χ1v) is 5.07. The minimum Gasteiger partial charge on any atom is -0.378 e. The third-order valence-corrected chi connectivity index (χ3v) is 1.98. The molecule has 0 fully saturated rings. The van der Waals surface area contributed by atoms with Gasteiger partial charge in [-0.25, -0.2) is 0 Å². The van der Waals surface area contributed by atoms with Gasteiger partial charge in [0.2, 0.25) is 0 Å². The highest BCUT2D eigenvalue weighted by atomic mass is 35.5. The van der Waals surface area contributed by atoms with Crippen molar-refractivity contribution in [2.45, 2.75) is 6.54 Å². The van der Waals surface area contributed by atoms with Crippen LogP contribution in [0.25, 0.3) is 0 Å². The highest BCUT2D eigenvalue weighted by molar-refractivity contribution is 6.32. The molecule has 1 aromatic rings. The molecular weight excluding hydrogens is 245 g/mol. The van der Waals surface area contributed by atoms with Crippen LogP contribution in [-0.2, 0) is 11.3 Å². The van der Waals surface area contributed by atoms with Crippen molar-refractivity contribution < 1.29 is 9.66 Å². The molecule has 6 nitrogen and oxygen atoms in total. The molecule has 0 unspecified atom stereocenters. The van der Waals surface area contributed by atoms with Crippen molar-refractivity contribution in [2.24, 2.45) is 0 Å². The van der Waals surface area contributed by atoms with Gasteiger partial charge in [-0.05, 0) is 4.92 Å². The molecule has 1 aromatic heterocycles. The van der Waals surface area contributed by atoms with Gasteiger partial charge >= 0.3 is 5.82 Å². The lowest BCUT2D eigenvalue weighted by Crippen LogP contribution is -2.08. The molecule has 15 heavy (non-hydrogen) atoms. The maximum absolute atomic E-state index is 10.4. The average molecular weight is 254 g/mol. The Morgan fingerprint density at radius 1 is 1.60 bits per heavy atom. The number of aromatic nitrogens is 2. The van der Waals surface area contributed by atoms with Crippen molar-refractivity contribution in [3.63, 3.8) is 0 Å². The normalized spacial score (nSPS) is 10.5. The van der Waals surface area contributed by atoms with Crippen LogP contribution < -0.4 is 0 Å². The zero-order valence-electron chi connectivity index (χ0n) is 7.73. The van der Waals surface area contributed by atoms with Crippen LogP contribution >= 0.6 is 23.2 Å². The molecule has 8 heteroatoms. The molecule has 0 saturated heterocycles. The van der Waals surface area contributed by atoms with Gasteiger partial charge in [0.1, 0.15) is 0 Å². The minimum atomic E-state index is -0.627. The Kier molecular flexibility index (Phi) is 4.80. The van der Waals surface area contributed by atoms with Gasteiger partial charge in [0, 0.05) is 5.88 Å². The van der Waals surface area contributed by atoms with Crippen molar-refractivity contribution in [3.8, 4) is 0 Å². The second-order valence-electron chi connectivity index (χ2n) is 2.62. The van der Waals surface area contributed by atoms with Crippen LogP contribution in [0.2, 0.25) is 5.02 Å². The molecule has 0 aliphatic rings. The lowest BCUT2D eigenvalue weighted by Gasteiger charge is -1.98. The second-order valence-corrected chi connectivity index (χ2v) is 3.41. The van der Waals surface area contributed by atoms with Crippen molar-refractivity contribution in [2.75, 3.05) is 19.1 Å². The second kappa shape index (κ2) is 5.89. The molecule has 0 aliphatic heterocycles. The molecule has 0 amide bonds.